The molecule has 0 fully saturated rings. The average molecular weight is 416 g/mol. The van der Waals surface area contributed by atoms with Gasteiger partial charge >= 0.3 is 0 Å². The van der Waals surface area contributed by atoms with Crippen molar-refractivity contribution in [3.63, 3.8) is 0 Å². The van der Waals surface area contributed by atoms with Crippen molar-refractivity contribution in [2.24, 2.45) is 0 Å². The maximum Gasteiger partial charge on any atom is 0.257 e. The van der Waals surface area contributed by atoms with Crippen LogP contribution in [0.4, 0.5) is 9.52 Å². The zero-order valence-corrected chi connectivity index (χ0v) is 16.9. The zero-order valence-electron chi connectivity index (χ0n) is 15.3. The van der Waals surface area contributed by atoms with E-state index >= 15 is 0 Å². The number of rotatable bonds is 5. The molecule has 0 radical (unpaired) electrons. The smallest absolute Gasteiger partial charge is 0.257 e. The predicted molar refractivity (Wildman–Crippen MR) is 114 cm³/mol. The van der Waals surface area contributed by atoms with E-state index in [4.69, 9.17) is 17.0 Å². The van der Waals surface area contributed by atoms with Crippen molar-refractivity contribution in [2.45, 2.75) is 13.3 Å². The molecule has 0 aliphatic rings. The lowest BCUT2D eigenvalue weighted by molar-refractivity contribution is 0.0977. The molecular formula is C20H18FN3O2S2. The quantitative estimate of drug-likeness (QED) is 0.594. The summed E-state index contributed by atoms with van der Waals surface area (Å²) in [6, 6.07) is 12.0. The third-order valence-electron chi connectivity index (χ3n) is 4.02. The number of ether oxygens (including phenoxy) is 1. The number of thiocarbonyl (C=S) groups is 1. The molecule has 0 aliphatic heterocycles. The van der Waals surface area contributed by atoms with Crippen LogP contribution in [0, 0.1) is 5.82 Å². The van der Waals surface area contributed by atoms with Gasteiger partial charge in [-0.25, -0.2) is 9.37 Å². The average Bonchev–Trinajstić information content (AvgIpc) is 3.16. The molecule has 5 nitrogen and oxygen atoms in total. The van der Waals surface area contributed by atoms with Gasteiger partial charge in [0.05, 0.1) is 12.8 Å². The van der Waals surface area contributed by atoms with E-state index in [1.165, 1.54) is 24.5 Å². The molecule has 0 saturated heterocycles. The van der Waals surface area contributed by atoms with Crippen LogP contribution in [0.5, 0.6) is 5.75 Å². The van der Waals surface area contributed by atoms with Crippen LogP contribution in [0.1, 0.15) is 22.8 Å². The van der Waals surface area contributed by atoms with E-state index in [-0.39, 0.29) is 16.8 Å². The summed E-state index contributed by atoms with van der Waals surface area (Å²) in [5.41, 5.74) is 2.89. The first kappa shape index (κ1) is 19.9. The summed E-state index contributed by atoms with van der Waals surface area (Å²) in [6.45, 7) is 2.05. The number of carbonyl (C=O) groups excluding carboxylic acids is 1. The van der Waals surface area contributed by atoms with E-state index < -0.39 is 5.82 Å². The van der Waals surface area contributed by atoms with Crippen molar-refractivity contribution in [3.05, 3.63) is 64.8 Å². The summed E-state index contributed by atoms with van der Waals surface area (Å²) in [5, 5.41) is 7.93. The van der Waals surface area contributed by atoms with Crippen LogP contribution in [0.15, 0.2) is 47.8 Å². The van der Waals surface area contributed by atoms with Gasteiger partial charge in [-0.05, 0) is 54.5 Å². The molecule has 8 heteroatoms. The number of aryl methyl sites for hydroxylation is 1. The number of benzene rings is 2. The Hall–Kier alpha value is -2.84. The van der Waals surface area contributed by atoms with Crippen molar-refractivity contribution >= 4 is 39.7 Å². The molecule has 2 N–H and O–H groups in total. The maximum absolute atomic E-state index is 13.9. The van der Waals surface area contributed by atoms with Crippen molar-refractivity contribution in [2.75, 3.05) is 12.4 Å². The van der Waals surface area contributed by atoms with E-state index in [1.54, 1.807) is 29.6 Å². The van der Waals surface area contributed by atoms with Gasteiger partial charge in [-0.15, -0.1) is 11.3 Å². The summed E-state index contributed by atoms with van der Waals surface area (Å²) in [6.07, 6.45) is 0.909. The van der Waals surface area contributed by atoms with Crippen molar-refractivity contribution < 1.29 is 13.9 Å². The van der Waals surface area contributed by atoms with Gasteiger partial charge in [0.25, 0.3) is 5.91 Å². The highest BCUT2D eigenvalue weighted by Gasteiger charge is 2.11. The number of carbonyl (C=O) groups is 1. The lowest BCUT2D eigenvalue weighted by Crippen LogP contribution is -2.34. The maximum atomic E-state index is 13.9. The minimum atomic E-state index is -0.459. The van der Waals surface area contributed by atoms with E-state index in [1.807, 2.05) is 12.1 Å². The third-order valence-corrected chi connectivity index (χ3v) is 4.99. The van der Waals surface area contributed by atoms with E-state index in [2.05, 4.69) is 22.5 Å². The second-order valence-electron chi connectivity index (χ2n) is 5.85. The van der Waals surface area contributed by atoms with E-state index in [0.29, 0.717) is 22.0 Å². The second kappa shape index (κ2) is 8.90. The highest BCUT2D eigenvalue weighted by molar-refractivity contribution is 7.80. The first-order chi connectivity index (χ1) is 13.5. The van der Waals surface area contributed by atoms with E-state index in [0.717, 1.165) is 12.0 Å². The van der Waals surface area contributed by atoms with Gasteiger partial charge in [0.15, 0.2) is 21.8 Å². The van der Waals surface area contributed by atoms with Gasteiger partial charge < -0.3 is 10.1 Å². The summed E-state index contributed by atoms with van der Waals surface area (Å²) in [7, 11) is 1.41. The van der Waals surface area contributed by atoms with Crippen LogP contribution in [0.3, 0.4) is 0 Å². The fourth-order valence-electron chi connectivity index (χ4n) is 2.48. The summed E-state index contributed by atoms with van der Waals surface area (Å²) in [5.74, 6) is -0.582. The Balaban J connectivity index is 1.63. The molecule has 3 aromatic rings. The lowest BCUT2D eigenvalue weighted by Gasteiger charge is -2.07. The van der Waals surface area contributed by atoms with Crippen LogP contribution in [-0.4, -0.2) is 23.1 Å². The van der Waals surface area contributed by atoms with Crippen LogP contribution in [0.2, 0.25) is 0 Å². The standard InChI is InChI=1S/C20H18FN3O2S2/c1-3-12-4-6-13(7-5-12)18(25)23-19(27)24-20-22-16(11-28-20)14-8-9-17(26-2)15(21)10-14/h4-11H,3H2,1-2H3,(H2,22,23,24,25,27). The molecule has 1 heterocycles. The number of thiazole rings is 1. The summed E-state index contributed by atoms with van der Waals surface area (Å²) >= 11 is 6.49. The summed E-state index contributed by atoms with van der Waals surface area (Å²) in [4.78, 5) is 16.6. The largest absolute Gasteiger partial charge is 0.494 e. The normalized spacial score (nSPS) is 10.4. The molecule has 1 aromatic heterocycles. The predicted octanol–water partition coefficient (Wildman–Crippen LogP) is 4.65. The molecule has 28 heavy (non-hydrogen) atoms. The van der Waals surface area contributed by atoms with Gasteiger partial charge in [0.1, 0.15) is 0 Å². The molecule has 0 spiro atoms. The van der Waals surface area contributed by atoms with Crippen molar-refractivity contribution in [1.29, 1.82) is 0 Å². The highest BCUT2D eigenvalue weighted by Crippen LogP contribution is 2.28. The Labute approximate surface area is 171 Å². The first-order valence-electron chi connectivity index (χ1n) is 8.51. The van der Waals surface area contributed by atoms with Gasteiger partial charge in [0.2, 0.25) is 0 Å². The number of aromatic nitrogens is 1. The Bertz CT molecular complexity index is 1000. The van der Waals surface area contributed by atoms with Crippen molar-refractivity contribution in [3.8, 4) is 17.0 Å². The molecule has 0 saturated carbocycles. The monoisotopic (exact) mass is 415 g/mol. The van der Waals surface area contributed by atoms with Crippen LogP contribution in [-0.2, 0) is 6.42 Å². The number of amides is 1. The molecule has 0 unspecified atom stereocenters. The third kappa shape index (κ3) is 4.71. The topological polar surface area (TPSA) is 63.2 Å². The SMILES string of the molecule is CCc1ccc(C(=O)NC(=S)Nc2nc(-c3ccc(OC)c(F)c3)cs2)cc1. The second-order valence-corrected chi connectivity index (χ2v) is 7.11. The minimum Gasteiger partial charge on any atom is -0.494 e. The first-order valence-corrected chi connectivity index (χ1v) is 9.79. The van der Waals surface area contributed by atoms with Gasteiger partial charge in [-0.2, -0.15) is 0 Å². The molecule has 1 amide bonds. The minimum absolute atomic E-state index is 0.145. The fraction of sp³-hybridized carbons (Fsp3) is 0.150. The Morgan fingerprint density at radius 2 is 2.00 bits per heavy atom. The summed E-state index contributed by atoms with van der Waals surface area (Å²) < 4.78 is 18.8. The molecule has 144 valence electrons. The van der Waals surface area contributed by atoms with Gasteiger partial charge in [-0.3, -0.25) is 10.1 Å². The fourth-order valence-corrected chi connectivity index (χ4v) is 3.46. The number of methoxy groups -OCH3 is 1. The molecule has 3 rings (SSSR count). The van der Waals surface area contributed by atoms with Crippen LogP contribution < -0.4 is 15.4 Å². The van der Waals surface area contributed by atoms with Crippen LogP contribution in [0.25, 0.3) is 11.3 Å². The number of hydrogen-bond acceptors (Lipinski definition) is 5. The Morgan fingerprint density at radius 3 is 2.64 bits per heavy atom. The molecule has 0 atom stereocenters. The molecular weight excluding hydrogens is 397 g/mol. The number of nitrogens with one attached hydrogen (secondary N) is 2. The number of hydrogen-bond donors (Lipinski definition) is 2. The Morgan fingerprint density at radius 1 is 1.25 bits per heavy atom. The Kier molecular flexibility index (Phi) is 6.33. The molecule has 0 bridgehead atoms. The zero-order chi connectivity index (χ0) is 20.1. The number of halogens is 1. The van der Waals surface area contributed by atoms with Crippen molar-refractivity contribution in [1.82, 2.24) is 10.3 Å². The molecule has 2 aromatic carbocycles. The van der Waals surface area contributed by atoms with Gasteiger partial charge in [0, 0.05) is 16.5 Å². The van der Waals surface area contributed by atoms with Gasteiger partial charge in [-0.1, -0.05) is 19.1 Å². The lowest BCUT2D eigenvalue weighted by atomic mass is 10.1. The highest BCUT2D eigenvalue weighted by atomic mass is 32.1. The molecule has 0 aliphatic carbocycles. The van der Waals surface area contributed by atoms with Crippen LogP contribution >= 0.6 is 23.6 Å². The number of anilines is 1. The number of nitrogens with zero attached hydrogens (tertiary/aromatic N) is 1. The van der Waals surface area contributed by atoms with E-state index in [9.17, 15) is 9.18 Å².